The zero-order chi connectivity index (χ0) is 15.5. The number of carbonyl (C=O) groups excluding carboxylic acids is 1. The number of nitrogens with zero attached hydrogens (tertiary/aromatic N) is 1. The van der Waals surface area contributed by atoms with Crippen LogP contribution in [0.5, 0.6) is 0 Å². The Morgan fingerprint density at radius 2 is 1.95 bits per heavy atom. The van der Waals surface area contributed by atoms with E-state index in [1.165, 1.54) is 0 Å². The molecule has 1 atom stereocenters. The van der Waals surface area contributed by atoms with Crippen molar-refractivity contribution in [2.24, 2.45) is 11.1 Å². The minimum absolute atomic E-state index is 0.0209. The molecule has 3 nitrogen and oxygen atoms in total. The summed E-state index contributed by atoms with van der Waals surface area (Å²) in [5.41, 5.74) is 6.86. The fourth-order valence-corrected chi connectivity index (χ4v) is 2.11. The van der Waals surface area contributed by atoms with Gasteiger partial charge in [0.15, 0.2) is 0 Å². The Morgan fingerprint density at radius 1 is 1.35 bits per heavy atom. The molecule has 0 saturated carbocycles. The maximum absolute atomic E-state index is 12.6. The standard InChI is InChI=1S/C16H25ClN2O/c1-11(2)19(15(20)14(18)16(3,4)5)10-12-7-6-8-13(17)9-12/h6-9,11,14H,10,18H2,1-5H3/t14-/m0/s1. The number of hydrogen-bond donors (Lipinski definition) is 1. The summed E-state index contributed by atoms with van der Waals surface area (Å²) in [4.78, 5) is 14.4. The summed E-state index contributed by atoms with van der Waals surface area (Å²) in [6.45, 7) is 10.5. The van der Waals surface area contributed by atoms with Crippen LogP contribution in [0, 0.1) is 5.41 Å². The number of rotatable bonds is 4. The van der Waals surface area contributed by atoms with Crippen molar-refractivity contribution in [2.75, 3.05) is 0 Å². The van der Waals surface area contributed by atoms with E-state index in [9.17, 15) is 4.79 Å². The summed E-state index contributed by atoms with van der Waals surface area (Å²) < 4.78 is 0. The number of benzene rings is 1. The summed E-state index contributed by atoms with van der Waals surface area (Å²) in [7, 11) is 0. The van der Waals surface area contributed by atoms with Crippen molar-refractivity contribution in [3.8, 4) is 0 Å². The van der Waals surface area contributed by atoms with E-state index in [4.69, 9.17) is 17.3 Å². The second-order valence-electron chi connectivity index (χ2n) is 6.53. The highest BCUT2D eigenvalue weighted by Gasteiger charge is 2.32. The van der Waals surface area contributed by atoms with Crippen LogP contribution in [-0.4, -0.2) is 22.9 Å². The van der Waals surface area contributed by atoms with Crippen molar-refractivity contribution >= 4 is 17.5 Å². The lowest BCUT2D eigenvalue weighted by Gasteiger charge is -2.34. The number of carbonyl (C=O) groups is 1. The molecule has 0 aromatic heterocycles. The van der Waals surface area contributed by atoms with Crippen LogP contribution in [0.25, 0.3) is 0 Å². The highest BCUT2D eigenvalue weighted by Crippen LogP contribution is 2.21. The van der Waals surface area contributed by atoms with Gasteiger partial charge in [-0.05, 0) is 37.0 Å². The monoisotopic (exact) mass is 296 g/mol. The molecule has 20 heavy (non-hydrogen) atoms. The minimum Gasteiger partial charge on any atom is -0.335 e. The fraction of sp³-hybridized carbons (Fsp3) is 0.562. The van der Waals surface area contributed by atoms with Crippen molar-refractivity contribution < 1.29 is 4.79 Å². The molecule has 0 saturated heterocycles. The third kappa shape index (κ3) is 4.50. The quantitative estimate of drug-likeness (QED) is 0.925. The van der Waals surface area contributed by atoms with Gasteiger partial charge in [0.25, 0.3) is 0 Å². The first-order chi connectivity index (χ1) is 9.12. The van der Waals surface area contributed by atoms with E-state index in [1.54, 1.807) is 0 Å². The molecule has 1 aromatic carbocycles. The van der Waals surface area contributed by atoms with Crippen LogP contribution >= 0.6 is 11.6 Å². The van der Waals surface area contributed by atoms with Crippen molar-refractivity contribution in [3.63, 3.8) is 0 Å². The Kier molecular flexibility index (Phi) is 5.60. The minimum atomic E-state index is -0.510. The Hall–Kier alpha value is -1.06. The van der Waals surface area contributed by atoms with E-state index in [-0.39, 0.29) is 17.4 Å². The Labute approximate surface area is 127 Å². The topological polar surface area (TPSA) is 46.3 Å². The summed E-state index contributed by atoms with van der Waals surface area (Å²) in [6.07, 6.45) is 0. The third-order valence-electron chi connectivity index (χ3n) is 3.35. The van der Waals surface area contributed by atoms with Crippen molar-refractivity contribution in [1.82, 2.24) is 4.90 Å². The van der Waals surface area contributed by atoms with Crippen LogP contribution < -0.4 is 5.73 Å². The Balaban J connectivity index is 2.93. The van der Waals surface area contributed by atoms with Crippen molar-refractivity contribution in [2.45, 2.75) is 53.2 Å². The lowest BCUT2D eigenvalue weighted by atomic mass is 9.86. The van der Waals surface area contributed by atoms with Gasteiger partial charge in [0.2, 0.25) is 5.91 Å². The molecule has 0 bridgehead atoms. The normalized spacial score (nSPS) is 13.4. The molecular weight excluding hydrogens is 272 g/mol. The van der Waals surface area contributed by atoms with Gasteiger partial charge in [-0.15, -0.1) is 0 Å². The van der Waals surface area contributed by atoms with Crippen LogP contribution in [0.3, 0.4) is 0 Å². The van der Waals surface area contributed by atoms with E-state index in [0.717, 1.165) is 5.56 Å². The fourth-order valence-electron chi connectivity index (χ4n) is 1.90. The first kappa shape index (κ1) is 17.0. The molecule has 0 radical (unpaired) electrons. The predicted molar refractivity (Wildman–Crippen MR) is 84.6 cm³/mol. The highest BCUT2D eigenvalue weighted by atomic mass is 35.5. The molecule has 0 unspecified atom stereocenters. The molecule has 112 valence electrons. The number of nitrogens with two attached hydrogens (primary N) is 1. The van der Waals surface area contributed by atoms with E-state index < -0.39 is 6.04 Å². The van der Waals surface area contributed by atoms with Gasteiger partial charge in [-0.1, -0.05) is 44.5 Å². The summed E-state index contributed by atoms with van der Waals surface area (Å²) in [5, 5.41) is 0.679. The molecule has 1 rings (SSSR count). The SMILES string of the molecule is CC(C)N(Cc1cccc(Cl)c1)C(=O)[C@H](N)C(C)(C)C. The molecule has 2 N–H and O–H groups in total. The first-order valence-corrected chi connectivity index (χ1v) is 7.31. The summed E-state index contributed by atoms with van der Waals surface area (Å²) in [6, 6.07) is 7.15. The molecular formula is C16H25ClN2O. The van der Waals surface area contributed by atoms with E-state index in [1.807, 2.05) is 63.8 Å². The Morgan fingerprint density at radius 3 is 2.40 bits per heavy atom. The highest BCUT2D eigenvalue weighted by molar-refractivity contribution is 6.30. The van der Waals surface area contributed by atoms with Gasteiger partial charge in [0.05, 0.1) is 6.04 Å². The second kappa shape index (κ2) is 6.59. The summed E-state index contributed by atoms with van der Waals surface area (Å²) in [5.74, 6) is -0.0209. The van der Waals surface area contributed by atoms with Crippen LogP contribution in [0.15, 0.2) is 24.3 Å². The smallest absolute Gasteiger partial charge is 0.240 e. The van der Waals surface area contributed by atoms with Crippen molar-refractivity contribution in [1.29, 1.82) is 0 Å². The van der Waals surface area contributed by atoms with E-state index in [2.05, 4.69) is 0 Å². The second-order valence-corrected chi connectivity index (χ2v) is 6.97. The molecule has 0 heterocycles. The lowest BCUT2D eigenvalue weighted by molar-refractivity contribution is -0.137. The predicted octanol–water partition coefficient (Wildman–Crippen LogP) is 3.45. The van der Waals surface area contributed by atoms with E-state index >= 15 is 0 Å². The van der Waals surface area contributed by atoms with Gasteiger partial charge >= 0.3 is 0 Å². The van der Waals surface area contributed by atoms with Crippen LogP contribution in [-0.2, 0) is 11.3 Å². The van der Waals surface area contributed by atoms with Crippen LogP contribution in [0.4, 0.5) is 0 Å². The molecule has 0 aliphatic heterocycles. The largest absolute Gasteiger partial charge is 0.335 e. The average molecular weight is 297 g/mol. The molecule has 0 aliphatic carbocycles. The van der Waals surface area contributed by atoms with Crippen LogP contribution in [0.1, 0.15) is 40.2 Å². The zero-order valence-electron chi connectivity index (χ0n) is 13.0. The zero-order valence-corrected chi connectivity index (χ0v) is 13.7. The maximum Gasteiger partial charge on any atom is 0.240 e. The van der Waals surface area contributed by atoms with Gasteiger partial charge in [-0.3, -0.25) is 4.79 Å². The Bertz CT molecular complexity index is 466. The summed E-state index contributed by atoms with van der Waals surface area (Å²) >= 11 is 5.99. The lowest BCUT2D eigenvalue weighted by Crippen LogP contribution is -2.52. The number of amides is 1. The first-order valence-electron chi connectivity index (χ1n) is 6.93. The maximum atomic E-state index is 12.6. The van der Waals surface area contributed by atoms with Gasteiger partial charge < -0.3 is 10.6 Å². The van der Waals surface area contributed by atoms with Gasteiger partial charge in [-0.2, -0.15) is 0 Å². The number of halogens is 1. The van der Waals surface area contributed by atoms with Gasteiger partial charge in [0, 0.05) is 17.6 Å². The molecule has 1 aromatic rings. The van der Waals surface area contributed by atoms with Gasteiger partial charge in [0.1, 0.15) is 0 Å². The molecule has 0 fully saturated rings. The molecule has 0 spiro atoms. The average Bonchev–Trinajstić information content (AvgIpc) is 2.33. The third-order valence-corrected chi connectivity index (χ3v) is 3.58. The van der Waals surface area contributed by atoms with Gasteiger partial charge in [-0.25, -0.2) is 0 Å². The molecule has 0 aliphatic rings. The van der Waals surface area contributed by atoms with Crippen molar-refractivity contribution in [3.05, 3.63) is 34.9 Å². The molecule has 4 heteroatoms. The molecule has 1 amide bonds. The number of hydrogen-bond acceptors (Lipinski definition) is 2. The van der Waals surface area contributed by atoms with E-state index in [0.29, 0.717) is 11.6 Å². The van der Waals surface area contributed by atoms with Crippen LogP contribution in [0.2, 0.25) is 5.02 Å².